The van der Waals surface area contributed by atoms with Gasteiger partial charge in [-0.2, -0.15) is 0 Å². The zero-order chi connectivity index (χ0) is 25.8. The summed E-state index contributed by atoms with van der Waals surface area (Å²) in [6, 6.07) is 26.9. The molecule has 5 aliphatic heterocycles. The number of benzene rings is 3. The van der Waals surface area contributed by atoms with Crippen LogP contribution in [0.5, 0.6) is 0 Å². The van der Waals surface area contributed by atoms with Crippen LogP contribution < -0.4 is 4.90 Å². The molecule has 2 unspecified atom stereocenters. The average molecular weight is 555 g/mol. The Morgan fingerprint density at radius 1 is 0.947 bits per heavy atom. The number of thiocarbonyl (C=S) groups is 1. The third-order valence-electron chi connectivity index (χ3n) is 8.50. The Kier molecular flexibility index (Phi) is 4.57. The van der Waals surface area contributed by atoms with Gasteiger partial charge in [-0.25, -0.2) is 0 Å². The van der Waals surface area contributed by atoms with Crippen molar-refractivity contribution in [2.45, 2.75) is 28.2 Å². The van der Waals surface area contributed by atoms with Crippen molar-refractivity contribution in [3.8, 4) is 0 Å². The Morgan fingerprint density at radius 2 is 1.68 bits per heavy atom. The first-order chi connectivity index (χ1) is 18.5. The maximum absolute atomic E-state index is 14.4. The number of thioether (sulfide) groups is 2. The van der Waals surface area contributed by atoms with Gasteiger partial charge in [-0.1, -0.05) is 90.3 Å². The van der Waals surface area contributed by atoms with Gasteiger partial charge in [0.15, 0.2) is 10.2 Å². The molecule has 2 bridgehead atoms. The van der Waals surface area contributed by atoms with Crippen LogP contribution in [0.3, 0.4) is 0 Å². The Morgan fingerprint density at radius 3 is 2.53 bits per heavy atom. The molecule has 4 fully saturated rings. The number of piperazine rings is 1. The molecule has 5 aliphatic rings. The summed E-state index contributed by atoms with van der Waals surface area (Å²) >= 11 is 8.46. The number of anilines is 2. The van der Waals surface area contributed by atoms with E-state index >= 15 is 0 Å². The maximum Gasteiger partial charge on any atom is 0.260 e. The van der Waals surface area contributed by atoms with E-state index in [1.807, 2.05) is 41.3 Å². The largest absolute Gasteiger partial charge is 0.361 e. The summed E-state index contributed by atoms with van der Waals surface area (Å²) in [5.41, 5.74) is 4.61. The van der Waals surface area contributed by atoms with Crippen LogP contribution in [0.1, 0.15) is 17.5 Å². The van der Waals surface area contributed by atoms with Crippen molar-refractivity contribution >= 4 is 73.4 Å². The second-order valence-electron chi connectivity index (χ2n) is 10.2. The zero-order valence-corrected chi connectivity index (χ0v) is 22.8. The molecule has 4 aromatic rings. The lowest BCUT2D eigenvalue weighted by atomic mass is 9.72. The summed E-state index contributed by atoms with van der Waals surface area (Å²) in [5.74, 6) is -0.122. The summed E-state index contributed by atoms with van der Waals surface area (Å²) in [7, 11) is 1.74. The lowest BCUT2D eigenvalue weighted by Crippen LogP contribution is -2.68. The number of amides is 2. The number of likely N-dealkylation sites (N-methyl/N-ethyl adjacent to an activating group) is 1. The van der Waals surface area contributed by atoms with E-state index in [0.717, 1.165) is 33.4 Å². The monoisotopic (exact) mass is 554 g/mol. The van der Waals surface area contributed by atoms with Gasteiger partial charge in [-0.05, 0) is 35.4 Å². The molecule has 9 heteroatoms. The molecule has 1 aromatic heterocycles. The van der Waals surface area contributed by atoms with Crippen LogP contribution in [0.2, 0.25) is 0 Å². The number of fused-ring (bicyclic) bond motifs is 7. The van der Waals surface area contributed by atoms with Crippen LogP contribution in [0.15, 0.2) is 85.1 Å². The summed E-state index contributed by atoms with van der Waals surface area (Å²) in [5, 5.41) is 0.430. The van der Waals surface area contributed by atoms with Crippen molar-refractivity contribution < 1.29 is 9.59 Å². The quantitative estimate of drug-likeness (QED) is 0.334. The number of aromatic amines is 1. The highest BCUT2D eigenvalue weighted by Crippen LogP contribution is 2.67. The minimum Gasteiger partial charge on any atom is -0.361 e. The summed E-state index contributed by atoms with van der Waals surface area (Å²) in [6.45, 7) is 0. The van der Waals surface area contributed by atoms with E-state index in [-0.39, 0.29) is 11.8 Å². The van der Waals surface area contributed by atoms with E-state index in [4.69, 9.17) is 12.2 Å². The molecule has 0 radical (unpaired) electrons. The predicted octanol–water partition coefficient (Wildman–Crippen LogP) is 5.42. The maximum atomic E-state index is 14.4. The van der Waals surface area contributed by atoms with Gasteiger partial charge in [0.05, 0.1) is 5.41 Å². The highest BCUT2D eigenvalue weighted by molar-refractivity contribution is 8.48. The number of para-hydroxylation sites is 3. The smallest absolute Gasteiger partial charge is 0.260 e. The molecule has 4 atom stereocenters. The minimum absolute atomic E-state index is 0.0569. The fourth-order valence-electron chi connectivity index (χ4n) is 7.08. The Balaban J connectivity index is 1.50. The first-order valence-electron chi connectivity index (χ1n) is 12.5. The fourth-order valence-corrected chi connectivity index (χ4v) is 10.4. The van der Waals surface area contributed by atoms with E-state index in [0.29, 0.717) is 9.95 Å². The number of aromatic nitrogens is 1. The second-order valence-corrected chi connectivity index (χ2v) is 13.8. The molecule has 6 heterocycles. The third kappa shape index (κ3) is 2.59. The number of hydrogen-bond donors (Lipinski definition) is 1. The topological polar surface area (TPSA) is 59.7 Å². The zero-order valence-electron chi connectivity index (χ0n) is 20.3. The number of carbonyl (C=O) groups is 2. The third-order valence-corrected chi connectivity index (χ3v) is 11.5. The average Bonchev–Trinajstić information content (AvgIpc) is 3.53. The molecule has 9 rings (SSSR count). The number of H-pyrrole nitrogens is 1. The molecule has 6 nitrogen and oxygen atoms in total. The minimum atomic E-state index is -1.13. The lowest BCUT2D eigenvalue weighted by molar-refractivity contribution is -0.157. The van der Waals surface area contributed by atoms with E-state index < -0.39 is 21.8 Å². The SMILES string of the molecule is CN1C(=O)C23CC4(c5c[nH]c6ccccc56)c5ccccc5N(c5ccccc5)[C@@H]4N2C(=O)[C@H]1SC(=S)S3. The van der Waals surface area contributed by atoms with Crippen LogP contribution in [-0.2, 0) is 15.0 Å². The van der Waals surface area contributed by atoms with Gasteiger partial charge >= 0.3 is 0 Å². The van der Waals surface area contributed by atoms with Crippen LogP contribution in [-0.4, -0.2) is 53.6 Å². The van der Waals surface area contributed by atoms with E-state index in [1.165, 1.54) is 23.5 Å². The number of hydrogen-bond acceptors (Lipinski definition) is 6. The molecular weight excluding hydrogens is 533 g/mol. The molecular formula is C29H22N4O2S3. The molecule has 0 aliphatic carbocycles. The van der Waals surface area contributed by atoms with Gasteiger partial charge in [-0.3, -0.25) is 14.5 Å². The molecule has 1 N–H and O–H groups in total. The second kappa shape index (κ2) is 7.65. The van der Waals surface area contributed by atoms with Crippen LogP contribution in [0, 0.1) is 0 Å². The molecule has 3 aromatic carbocycles. The van der Waals surface area contributed by atoms with Gasteiger partial charge in [-0.15, -0.1) is 0 Å². The standard InChI is InChI=1S/C29H22N4O2S3/c1-31-24-23(34)33-25-28(16-29(33,26(31)35)38-27(36)37-24,20-15-30-21-13-7-5-11-18(20)21)19-12-6-8-14-22(19)32(25)17-9-3-2-4-10-17/h2-15,24-25,30H,16H2,1H3/t24-,25-,28?,29?/m1/s1. The van der Waals surface area contributed by atoms with Crippen molar-refractivity contribution in [1.82, 2.24) is 14.8 Å². The number of rotatable bonds is 2. The number of nitrogens with one attached hydrogen (secondary N) is 1. The lowest BCUT2D eigenvalue weighted by Gasteiger charge is -2.47. The summed E-state index contributed by atoms with van der Waals surface area (Å²) < 4.78 is 0.636. The van der Waals surface area contributed by atoms with Gasteiger partial charge in [0.1, 0.15) is 9.69 Å². The Hall–Kier alpha value is -3.27. The predicted molar refractivity (Wildman–Crippen MR) is 156 cm³/mol. The molecule has 188 valence electrons. The highest BCUT2D eigenvalue weighted by atomic mass is 32.2. The Bertz CT molecular complexity index is 1690. The van der Waals surface area contributed by atoms with Crippen molar-refractivity contribution in [3.63, 3.8) is 0 Å². The first kappa shape index (κ1) is 22.7. The van der Waals surface area contributed by atoms with Crippen LogP contribution >= 0.6 is 35.7 Å². The van der Waals surface area contributed by atoms with E-state index in [9.17, 15) is 9.59 Å². The molecule has 38 heavy (non-hydrogen) atoms. The van der Waals surface area contributed by atoms with E-state index in [1.54, 1.807) is 11.9 Å². The van der Waals surface area contributed by atoms with Crippen molar-refractivity contribution in [1.29, 1.82) is 0 Å². The molecule has 0 saturated carbocycles. The highest BCUT2D eigenvalue weighted by Gasteiger charge is 2.75. The van der Waals surface area contributed by atoms with Gasteiger partial charge in [0.25, 0.3) is 11.8 Å². The first-order valence-corrected chi connectivity index (χ1v) is 14.6. The number of nitrogens with zero attached hydrogens (tertiary/aromatic N) is 3. The summed E-state index contributed by atoms with van der Waals surface area (Å²) in [4.78, 5) is 36.8. The fraction of sp³-hybridized carbons (Fsp3) is 0.207. The van der Waals surface area contributed by atoms with Crippen molar-refractivity contribution in [2.75, 3.05) is 11.9 Å². The normalized spacial score (nSPS) is 29.6. The van der Waals surface area contributed by atoms with Crippen molar-refractivity contribution in [2.24, 2.45) is 0 Å². The van der Waals surface area contributed by atoms with Crippen molar-refractivity contribution in [3.05, 3.63) is 96.2 Å². The van der Waals surface area contributed by atoms with Crippen LogP contribution in [0.25, 0.3) is 10.9 Å². The van der Waals surface area contributed by atoms with Gasteiger partial charge in [0, 0.05) is 41.9 Å². The van der Waals surface area contributed by atoms with Gasteiger partial charge in [0.2, 0.25) is 0 Å². The van der Waals surface area contributed by atoms with E-state index in [2.05, 4.69) is 58.5 Å². The van der Waals surface area contributed by atoms with Gasteiger partial charge < -0.3 is 14.8 Å². The molecule has 1 spiro atoms. The number of carbonyl (C=O) groups excluding carboxylic acids is 2. The van der Waals surface area contributed by atoms with Crippen LogP contribution in [0.4, 0.5) is 11.4 Å². The molecule has 2 amide bonds. The summed E-state index contributed by atoms with van der Waals surface area (Å²) in [6.07, 6.45) is 2.07. The molecule has 4 saturated heterocycles. The Labute approximate surface area is 233 Å².